The van der Waals surface area contributed by atoms with Gasteiger partial charge in [-0.05, 0) is 0 Å². The Hall–Kier alpha value is -0.547. The van der Waals surface area contributed by atoms with Gasteiger partial charge in [-0.15, -0.1) is 0 Å². The fourth-order valence-electron chi connectivity index (χ4n) is 1.45. The molecule has 0 saturated heterocycles. The van der Waals surface area contributed by atoms with Crippen LogP contribution in [0.4, 0.5) is 0 Å². The summed E-state index contributed by atoms with van der Waals surface area (Å²) in [5, 5.41) is 0. The Bertz CT molecular complexity index is 340. The Morgan fingerprint density at radius 1 is 1.12 bits per heavy atom. The van der Waals surface area contributed by atoms with Gasteiger partial charge in [0.05, 0.1) is 0 Å². The average Bonchev–Trinajstić information content (AvgIpc) is 2.93. The monoisotopic (exact) mass is 306 g/mol. The molecular formula is C16H24Zr. The van der Waals surface area contributed by atoms with Crippen molar-refractivity contribution in [2.45, 2.75) is 35.1 Å². The standard InChI is InChI=1S/C9H13.C5H5.CH4.CH2.Zr/c1-6-5-7(2)9(4)8(6)3;1-2-4-5-3-1;;;/h5H,1-4H3;1-5H;1H4;1H2;/q2*-1;;;+2. The van der Waals surface area contributed by atoms with E-state index in [1.807, 2.05) is 30.3 Å². The molecule has 2 aromatic carbocycles. The third-order valence-corrected chi connectivity index (χ3v) is 2.73. The van der Waals surface area contributed by atoms with Crippen LogP contribution >= 0.6 is 0 Å². The minimum absolute atomic E-state index is 0. The second-order valence-corrected chi connectivity index (χ2v) is 3.72. The first-order valence-corrected chi connectivity index (χ1v) is 7.09. The molecule has 1 heteroatoms. The van der Waals surface area contributed by atoms with E-state index in [-0.39, 0.29) is 7.43 Å². The molecule has 0 radical (unpaired) electrons. The van der Waals surface area contributed by atoms with Gasteiger partial charge in [0.25, 0.3) is 0 Å². The van der Waals surface area contributed by atoms with Crippen LogP contribution in [-0.2, 0) is 24.2 Å². The second kappa shape index (κ2) is 10.6. The Balaban J connectivity index is 0. The van der Waals surface area contributed by atoms with E-state index in [0.29, 0.717) is 0 Å². The van der Waals surface area contributed by atoms with E-state index < -0.39 is 0 Å². The fraction of sp³-hybridized carbons (Fsp3) is 0.312. The zero-order valence-electron chi connectivity index (χ0n) is 10.7. The molecule has 92 valence electrons. The predicted octanol–water partition coefficient (Wildman–Crippen LogP) is 4.65. The molecule has 0 aliphatic carbocycles. The van der Waals surface area contributed by atoms with Gasteiger partial charge in [-0.3, -0.25) is 0 Å². The van der Waals surface area contributed by atoms with Crippen molar-refractivity contribution in [3.8, 4) is 0 Å². The molecule has 0 aliphatic rings. The van der Waals surface area contributed by atoms with Gasteiger partial charge in [0.15, 0.2) is 0 Å². The quantitative estimate of drug-likeness (QED) is 0.622. The summed E-state index contributed by atoms with van der Waals surface area (Å²) < 4.78 is 3.34. The molecule has 0 aliphatic heterocycles. The van der Waals surface area contributed by atoms with Crippen LogP contribution in [0.15, 0.2) is 36.4 Å². The van der Waals surface area contributed by atoms with E-state index in [1.165, 1.54) is 46.5 Å². The van der Waals surface area contributed by atoms with Crippen molar-refractivity contribution in [2.24, 2.45) is 0 Å². The zero-order valence-corrected chi connectivity index (χ0v) is 13.1. The van der Waals surface area contributed by atoms with Crippen molar-refractivity contribution in [2.75, 3.05) is 0 Å². The van der Waals surface area contributed by atoms with Gasteiger partial charge in [0, 0.05) is 0 Å². The molecule has 0 heterocycles. The molecule has 0 bridgehead atoms. The molecule has 0 saturated carbocycles. The molecule has 0 fully saturated rings. The summed E-state index contributed by atoms with van der Waals surface area (Å²) in [4.78, 5) is 0. The molecule has 0 unspecified atom stereocenters. The van der Waals surface area contributed by atoms with Crippen LogP contribution in [0.1, 0.15) is 29.7 Å². The molecule has 0 atom stereocenters. The SMILES string of the molecule is C.Cc1c[c-](C)c(C)c1C.[CH2]=[Zr+2].c1cc[cH-]c1. The number of hydrogen-bond acceptors (Lipinski definition) is 0. The van der Waals surface area contributed by atoms with Crippen molar-refractivity contribution in [1.82, 2.24) is 0 Å². The van der Waals surface area contributed by atoms with Crippen LogP contribution in [0.2, 0.25) is 0 Å². The third-order valence-electron chi connectivity index (χ3n) is 2.73. The minimum atomic E-state index is 0. The largest absolute Gasteiger partial charge is 0.214 e. The molecule has 0 nitrogen and oxygen atoms in total. The summed E-state index contributed by atoms with van der Waals surface area (Å²) >= 11 is 1.30. The summed E-state index contributed by atoms with van der Waals surface area (Å²) in [6, 6.07) is 12.2. The van der Waals surface area contributed by atoms with Crippen molar-refractivity contribution >= 4 is 4.21 Å². The molecular weight excluding hydrogens is 283 g/mol. The minimum Gasteiger partial charge on any atom is -0.214 e. The number of rotatable bonds is 0. The average molecular weight is 308 g/mol. The molecule has 0 amide bonds. The zero-order chi connectivity index (χ0) is 12.6. The summed E-state index contributed by atoms with van der Waals surface area (Å²) in [6.45, 7) is 8.68. The van der Waals surface area contributed by atoms with E-state index in [0.717, 1.165) is 0 Å². The van der Waals surface area contributed by atoms with Crippen molar-refractivity contribution in [3.05, 3.63) is 58.7 Å². The van der Waals surface area contributed by atoms with Gasteiger partial charge < -0.3 is 0 Å². The van der Waals surface area contributed by atoms with Crippen LogP contribution < -0.4 is 0 Å². The van der Waals surface area contributed by atoms with Gasteiger partial charge in [0.1, 0.15) is 0 Å². The summed E-state index contributed by atoms with van der Waals surface area (Å²) in [7, 11) is 0. The van der Waals surface area contributed by atoms with Crippen molar-refractivity contribution in [3.63, 3.8) is 0 Å². The maximum atomic E-state index is 3.34. The summed E-state index contributed by atoms with van der Waals surface area (Å²) in [5.41, 5.74) is 5.75. The van der Waals surface area contributed by atoms with E-state index >= 15 is 0 Å². The van der Waals surface area contributed by atoms with E-state index in [2.05, 4.69) is 38.0 Å². The van der Waals surface area contributed by atoms with Gasteiger partial charge in [-0.1, -0.05) is 35.1 Å². The third kappa shape index (κ3) is 6.69. The van der Waals surface area contributed by atoms with E-state index in [4.69, 9.17) is 0 Å². The molecule has 0 spiro atoms. The molecule has 2 aromatic rings. The fourth-order valence-corrected chi connectivity index (χ4v) is 1.45. The normalized spacial score (nSPS) is 8.12. The van der Waals surface area contributed by atoms with E-state index in [9.17, 15) is 0 Å². The summed E-state index contributed by atoms with van der Waals surface area (Å²) in [5.74, 6) is 0. The van der Waals surface area contributed by atoms with Crippen LogP contribution in [0.5, 0.6) is 0 Å². The van der Waals surface area contributed by atoms with Gasteiger partial charge >= 0.3 is 28.4 Å². The number of aryl methyl sites for hydroxylation is 2. The van der Waals surface area contributed by atoms with Crippen LogP contribution in [0.3, 0.4) is 0 Å². The van der Waals surface area contributed by atoms with Gasteiger partial charge in [0.2, 0.25) is 0 Å². The predicted molar refractivity (Wildman–Crippen MR) is 76.9 cm³/mol. The Morgan fingerprint density at radius 2 is 1.59 bits per heavy atom. The molecule has 2 rings (SSSR count). The smallest absolute Gasteiger partial charge is 0.172 e. The number of hydrogen-bond donors (Lipinski definition) is 0. The summed E-state index contributed by atoms with van der Waals surface area (Å²) in [6.07, 6.45) is 0. The first-order chi connectivity index (χ1) is 7.63. The van der Waals surface area contributed by atoms with Crippen LogP contribution in [0, 0.1) is 27.7 Å². The van der Waals surface area contributed by atoms with Crippen LogP contribution in [0.25, 0.3) is 0 Å². The Kier molecular flexibility index (Phi) is 11.7. The van der Waals surface area contributed by atoms with E-state index in [1.54, 1.807) is 0 Å². The van der Waals surface area contributed by atoms with Crippen LogP contribution in [-0.4, -0.2) is 4.21 Å². The maximum Gasteiger partial charge on any atom is -0.172 e. The van der Waals surface area contributed by atoms with Crippen molar-refractivity contribution < 1.29 is 24.2 Å². The molecule has 0 aromatic heterocycles. The first kappa shape index (κ1) is 18.8. The molecule has 0 N–H and O–H groups in total. The first-order valence-electron chi connectivity index (χ1n) is 5.35. The Morgan fingerprint density at radius 3 is 1.71 bits per heavy atom. The topological polar surface area (TPSA) is 0 Å². The Labute approximate surface area is 122 Å². The van der Waals surface area contributed by atoms with Gasteiger partial charge in [-0.2, -0.15) is 46.5 Å². The van der Waals surface area contributed by atoms with Crippen molar-refractivity contribution in [1.29, 1.82) is 0 Å². The molecule has 17 heavy (non-hydrogen) atoms. The van der Waals surface area contributed by atoms with Gasteiger partial charge in [-0.25, -0.2) is 12.1 Å². The maximum absolute atomic E-state index is 3.34. The second-order valence-electron chi connectivity index (χ2n) is 3.72.